The second kappa shape index (κ2) is 5.10. The molecule has 1 aromatic heterocycles. The van der Waals surface area contributed by atoms with Gasteiger partial charge >= 0.3 is 0 Å². The Morgan fingerprint density at radius 2 is 2.05 bits per heavy atom. The molecule has 0 unspecified atom stereocenters. The topological polar surface area (TPSA) is 71.8 Å². The normalized spacial score (nSPS) is 22.1. The van der Waals surface area contributed by atoms with E-state index in [0.717, 1.165) is 30.7 Å². The van der Waals surface area contributed by atoms with Crippen molar-refractivity contribution in [1.29, 1.82) is 0 Å². The smallest absolute Gasteiger partial charge is 0.290 e. The zero-order valence-corrected chi connectivity index (χ0v) is 10.9. The zero-order chi connectivity index (χ0) is 13.2. The quantitative estimate of drug-likeness (QED) is 0.826. The number of carbonyl (C=O) groups is 2. The minimum atomic E-state index is -0.376. The first-order chi connectivity index (χ1) is 9.22. The summed E-state index contributed by atoms with van der Waals surface area (Å²) in [5, 5.41) is 1.85. The van der Waals surface area contributed by atoms with Gasteiger partial charge in [-0.05, 0) is 17.8 Å². The van der Waals surface area contributed by atoms with Gasteiger partial charge in [0.05, 0.1) is 18.1 Å². The van der Waals surface area contributed by atoms with Gasteiger partial charge in [-0.3, -0.25) is 14.9 Å². The second-order valence-electron chi connectivity index (χ2n) is 4.13. The lowest BCUT2D eigenvalue weighted by Crippen LogP contribution is -2.35. The van der Waals surface area contributed by atoms with Crippen LogP contribution in [0.25, 0.3) is 6.08 Å². The lowest BCUT2D eigenvalue weighted by molar-refractivity contribution is -0.115. The van der Waals surface area contributed by atoms with E-state index in [4.69, 9.17) is 9.15 Å². The highest BCUT2D eigenvalue weighted by Crippen LogP contribution is 2.27. The molecule has 1 aromatic rings. The molecule has 0 radical (unpaired) electrons. The summed E-state index contributed by atoms with van der Waals surface area (Å²) < 4.78 is 10.9. The van der Waals surface area contributed by atoms with Gasteiger partial charge in [0, 0.05) is 25.2 Å². The molecule has 100 valence electrons. The molecule has 7 heteroatoms. The number of rotatable bonds is 2. The molecule has 19 heavy (non-hydrogen) atoms. The van der Waals surface area contributed by atoms with Crippen molar-refractivity contribution in [3.05, 3.63) is 22.8 Å². The molecule has 0 spiro atoms. The highest BCUT2D eigenvalue weighted by molar-refractivity contribution is 8.18. The highest BCUT2D eigenvalue weighted by Gasteiger charge is 2.25. The van der Waals surface area contributed by atoms with E-state index >= 15 is 0 Å². The van der Waals surface area contributed by atoms with Crippen LogP contribution in [-0.2, 0) is 9.53 Å². The molecule has 0 bridgehead atoms. The minimum absolute atomic E-state index is 0.351. The number of nitrogens with one attached hydrogen (secondary N) is 1. The Kier molecular flexibility index (Phi) is 3.31. The van der Waals surface area contributed by atoms with Crippen LogP contribution < -0.4 is 10.2 Å². The molecule has 0 aromatic carbocycles. The lowest BCUT2D eigenvalue weighted by atomic mass is 10.4. The van der Waals surface area contributed by atoms with Crippen molar-refractivity contribution in [2.45, 2.75) is 0 Å². The van der Waals surface area contributed by atoms with Gasteiger partial charge in [-0.1, -0.05) is 0 Å². The molecule has 2 saturated heterocycles. The summed E-state index contributed by atoms with van der Waals surface area (Å²) in [6, 6.07) is 3.64. The van der Waals surface area contributed by atoms with Crippen LogP contribution in [0.4, 0.5) is 10.7 Å². The van der Waals surface area contributed by atoms with E-state index in [9.17, 15) is 9.59 Å². The number of nitrogens with zero attached hydrogens (tertiary/aromatic N) is 1. The van der Waals surface area contributed by atoms with Crippen molar-refractivity contribution < 1.29 is 18.7 Å². The van der Waals surface area contributed by atoms with Crippen LogP contribution in [0.1, 0.15) is 5.76 Å². The predicted molar refractivity (Wildman–Crippen MR) is 70.8 cm³/mol. The van der Waals surface area contributed by atoms with E-state index in [-0.39, 0.29) is 11.1 Å². The molecule has 6 nitrogen and oxygen atoms in total. The van der Waals surface area contributed by atoms with Crippen molar-refractivity contribution in [2.24, 2.45) is 0 Å². The standard InChI is InChI=1S/C12H12N2O4S/c15-11-9(19-12(16)13-11)7-8-1-2-10(18-8)14-3-5-17-6-4-14/h1-2,7H,3-6H2,(H,13,15,16)/b9-7-. The summed E-state index contributed by atoms with van der Waals surface area (Å²) in [6.45, 7) is 2.95. The van der Waals surface area contributed by atoms with Crippen LogP contribution in [0.3, 0.4) is 0 Å². The van der Waals surface area contributed by atoms with Gasteiger partial charge in [0.15, 0.2) is 5.88 Å². The van der Waals surface area contributed by atoms with Gasteiger partial charge in [-0.15, -0.1) is 0 Å². The number of amides is 2. The van der Waals surface area contributed by atoms with Crippen molar-refractivity contribution >= 4 is 34.9 Å². The van der Waals surface area contributed by atoms with Gasteiger partial charge in [0.1, 0.15) is 5.76 Å². The van der Waals surface area contributed by atoms with E-state index in [1.807, 2.05) is 6.07 Å². The van der Waals surface area contributed by atoms with Crippen molar-refractivity contribution in [1.82, 2.24) is 5.32 Å². The summed E-state index contributed by atoms with van der Waals surface area (Å²) in [5.41, 5.74) is 0. The molecule has 2 aliphatic rings. The minimum Gasteiger partial charge on any atom is -0.441 e. The average Bonchev–Trinajstić information content (AvgIpc) is 2.99. The molecule has 1 N–H and O–H groups in total. The Hall–Kier alpha value is -1.73. The molecule has 2 aliphatic heterocycles. The first kappa shape index (κ1) is 12.3. The van der Waals surface area contributed by atoms with Gasteiger partial charge < -0.3 is 14.1 Å². The lowest BCUT2D eigenvalue weighted by Gasteiger charge is -2.26. The maximum atomic E-state index is 11.4. The summed E-state index contributed by atoms with van der Waals surface area (Å²) in [6.07, 6.45) is 1.58. The molecule has 2 amide bonds. The fourth-order valence-electron chi connectivity index (χ4n) is 1.92. The van der Waals surface area contributed by atoms with Crippen molar-refractivity contribution in [2.75, 3.05) is 31.2 Å². The first-order valence-electron chi connectivity index (χ1n) is 5.90. The Morgan fingerprint density at radius 1 is 1.26 bits per heavy atom. The van der Waals surface area contributed by atoms with Gasteiger partial charge in [-0.25, -0.2) is 0 Å². The van der Waals surface area contributed by atoms with Crippen molar-refractivity contribution in [3.63, 3.8) is 0 Å². The maximum Gasteiger partial charge on any atom is 0.290 e. The number of morpholine rings is 1. The third-order valence-corrected chi connectivity index (χ3v) is 3.66. The number of ether oxygens (including phenoxy) is 1. The largest absolute Gasteiger partial charge is 0.441 e. The Morgan fingerprint density at radius 3 is 2.74 bits per heavy atom. The summed E-state index contributed by atoms with van der Waals surface area (Å²) >= 11 is 0.881. The average molecular weight is 280 g/mol. The van der Waals surface area contributed by atoms with E-state index < -0.39 is 0 Å². The number of carbonyl (C=O) groups excluding carboxylic acids is 2. The Bertz CT molecular complexity index is 546. The van der Waals surface area contributed by atoms with E-state index in [0.29, 0.717) is 23.9 Å². The van der Waals surface area contributed by atoms with Gasteiger partial charge in [0.25, 0.3) is 11.1 Å². The van der Waals surface area contributed by atoms with Crippen LogP contribution >= 0.6 is 11.8 Å². The molecule has 0 atom stereocenters. The number of thioether (sulfide) groups is 1. The summed E-state index contributed by atoms with van der Waals surface area (Å²) in [5.74, 6) is 0.943. The van der Waals surface area contributed by atoms with Crippen LogP contribution in [0, 0.1) is 0 Å². The molecule has 0 saturated carbocycles. The third kappa shape index (κ3) is 2.66. The SMILES string of the molecule is O=C1NC(=O)/C(=C/c2ccc(N3CCOCC3)o2)S1. The molecule has 3 heterocycles. The van der Waals surface area contributed by atoms with E-state index in [2.05, 4.69) is 10.2 Å². The zero-order valence-electron chi connectivity index (χ0n) is 10.0. The maximum absolute atomic E-state index is 11.4. The van der Waals surface area contributed by atoms with Crippen LogP contribution in [-0.4, -0.2) is 37.4 Å². The third-order valence-electron chi connectivity index (χ3n) is 2.85. The molecule has 3 rings (SSSR count). The highest BCUT2D eigenvalue weighted by atomic mass is 32.2. The number of imide groups is 1. The number of anilines is 1. The predicted octanol–water partition coefficient (Wildman–Crippen LogP) is 1.44. The van der Waals surface area contributed by atoms with E-state index in [1.165, 1.54) is 0 Å². The fraction of sp³-hybridized carbons (Fsp3) is 0.333. The number of hydrogen-bond acceptors (Lipinski definition) is 6. The van der Waals surface area contributed by atoms with Gasteiger partial charge in [0.2, 0.25) is 0 Å². The Balaban J connectivity index is 1.76. The molecule has 0 aliphatic carbocycles. The number of furan rings is 1. The summed E-state index contributed by atoms with van der Waals surface area (Å²) in [4.78, 5) is 24.9. The second-order valence-corrected chi connectivity index (χ2v) is 5.14. The van der Waals surface area contributed by atoms with Crippen LogP contribution in [0.2, 0.25) is 0 Å². The van der Waals surface area contributed by atoms with Gasteiger partial charge in [-0.2, -0.15) is 0 Å². The first-order valence-corrected chi connectivity index (χ1v) is 6.71. The fourth-order valence-corrected chi connectivity index (χ4v) is 2.59. The van der Waals surface area contributed by atoms with Crippen molar-refractivity contribution in [3.8, 4) is 0 Å². The Labute approximate surface area is 113 Å². The monoisotopic (exact) mass is 280 g/mol. The van der Waals surface area contributed by atoms with Crippen LogP contribution in [0.15, 0.2) is 21.5 Å². The molecular formula is C12H12N2O4S. The number of hydrogen-bond donors (Lipinski definition) is 1. The van der Waals surface area contributed by atoms with Crippen LogP contribution in [0.5, 0.6) is 0 Å². The van der Waals surface area contributed by atoms with E-state index in [1.54, 1.807) is 12.1 Å². The molecular weight excluding hydrogens is 268 g/mol. The summed E-state index contributed by atoms with van der Waals surface area (Å²) in [7, 11) is 0. The molecule has 2 fully saturated rings.